The number of ether oxygens (including phenoxy) is 2. The summed E-state index contributed by atoms with van der Waals surface area (Å²) in [6.07, 6.45) is 1.77. The van der Waals surface area contributed by atoms with Gasteiger partial charge in [0.1, 0.15) is 12.7 Å². The fraction of sp³-hybridized carbons (Fsp3) is 0.417. The van der Waals surface area contributed by atoms with Crippen molar-refractivity contribution in [3.05, 3.63) is 46.4 Å². The molecule has 1 unspecified atom stereocenters. The van der Waals surface area contributed by atoms with Gasteiger partial charge in [-0.2, -0.15) is 0 Å². The highest BCUT2D eigenvalue weighted by molar-refractivity contribution is 9.10. The average molecular weight is 549 g/mol. The first-order valence-corrected chi connectivity index (χ1v) is 13.8. The normalized spacial score (nSPS) is 19.0. The van der Waals surface area contributed by atoms with Crippen LogP contribution in [0.4, 0.5) is 5.69 Å². The quantitative estimate of drug-likeness (QED) is 0.570. The molecule has 1 fully saturated rings. The van der Waals surface area contributed by atoms with Crippen LogP contribution in [-0.2, 0) is 25.8 Å². The number of carbonyl (C=O) groups excluding carboxylic acids is 2. The second-order valence-electron chi connectivity index (χ2n) is 8.80. The molecule has 10 heteroatoms. The zero-order valence-corrected chi connectivity index (χ0v) is 20.9. The van der Waals surface area contributed by atoms with Crippen LogP contribution in [0.3, 0.4) is 0 Å². The molecule has 5 rings (SSSR count). The van der Waals surface area contributed by atoms with Crippen LogP contribution in [-0.4, -0.2) is 51.8 Å². The summed E-state index contributed by atoms with van der Waals surface area (Å²) >= 11 is 3.39. The fourth-order valence-corrected chi connectivity index (χ4v) is 6.47. The van der Waals surface area contributed by atoms with Gasteiger partial charge in [-0.15, -0.1) is 0 Å². The number of para-hydroxylation sites is 2. The summed E-state index contributed by atoms with van der Waals surface area (Å²) in [5, 5.41) is 2.74. The zero-order chi connectivity index (χ0) is 23.9. The van der Waals surface area contributed by atoms with Crippen LogP contribution in [0.25, 0.3) is 0 Å². The van der Waals surface area contributed by atoms with E-state index in [1.54, 1.807) is 11.0 Å². The Kier molecular flexibility index (Phi) is 6.28. The molecule has 2 aliphatic heterocycles. The molecule has 1 aliphatic carbocycles. The van der Waals surface area contributed by atoms with E-state index in [0.29, 0.717) is 41.2 Å². The Hall–Kier alpha value is -2.59. The number of halogens is 1. The van der Waals surface area contributed by atoms with Gasteiger partial charge in [-0.25, -0.2) is 8.42 Å². The van der Waals surface area contributed by atoms with Gasteiger partial charge in [0.05, 0.1) is 22.9 Å². The average Bonchev–Trinajstić information content (AvgIpc) is 3.60. The standard InChI is InChI=1S/C24H25BrN2O6S/c25-17-11-16-7-9-27(24(29)15-5-6-15)23(16)21(12-17)34(30,31)10-8-22(28)26-13-18-14-32-19-3-1-2-4-20(19)33-18/h1-4,11-12,15,18H,5-10,13-14H2,(H,26,28). The molecule has 2 amide bonds. The second kappa shape index (κ2) is 9.22. The van der Waals surface area contributed by atoms with Crippen LogP contribution in [0.1, 0.15) is 24.8 Å². The van der Waals surface area contributed by atoms with Crippen LogP contribution in [0.15, 0.2) is 45.8 Å². The molecule has 2 heterocycles. The minimum absolute atomic E-state index is 0.00567. The van der Waals surface area contributed by atoms with Crippen LogP contribution < -0.4 is 19.7 Å². The molecule has 8 nitrogen and oxygen atoms in total. The van der Waals surface area contributed by atoms with Crippen LogP contribution >= 0.6 is 15.9 Å². The van der Waals surface area contributed by atoms with E-state index in [9.17, 15) is 18.0 Å². The number of hydrogen-bond donors (Lipinski definition) is 1. The predicted molar refractivity (Wildman–Crippen MR) is 129 cm³/mol. The van der Waals surface area contributed by atoms with Gasteiger partial charge in [0, 0.05) is 23.4 Å². The smallest absolute Gasteiger partial charge is 0.230 e. The number of rotatable bonds is 7. The van der Waals surface area contributed by atoms with Crippen molar-refractivity contribution in [2.24, 2.45) is 5.92 Å². The van der Waals surface area contributed by atoms with Gasteiger partial charge in [-0.3, -0.25) is 9.59 Å². The summed E-state index contributed by atoms with van der Waals surface area (Å²) in [6, 6.07) is 10.7. The van der Waals surface area contributed by atoms with Crippen LogP contribution in [0.5, 0.6) is 11.5 Å². The van der Waals surface area contributed by atoms with Gasteiger partial charge in [0.15, 0.2) is 21.3 Å². The lowest BCUT2D eigenvalue weighted by atomic mass is 10.2. The lowest BCUT2D eigenvalue weighted by molar-refractivity contribution is -0.121. The van der Waals surface area contributed by atoms with Crippen molar-refractivity contribution in [2.45, 2.75) is 36.7 Å². The molecular weight excluding hydrogens is 524 g/mol. The molecule has 1 saturated carbocycles. The number of fused-ring (bicyclic) bond motifs is 2. The molecule has 34 heavy (non-hydrogen) atoms. The van der Waals surface area contributed by atoms with Crippen molar-refractivity contribution in [3.63, 3.8) is 0 Å². The number of benzene rings is 2. The van der Waals surface area contributed by atoms with E-state index < -0.39 is 9.84 Å². The minimum atomic E-state index is -3.80. The highest BCUT2D eigenvalue weighted by Gasteiger charge is 2.39. The van der Waals surface area contributed by atoms with E-state index in [-0.39, 0.29) is 47.5 Å². The first-order chi connectivity index (χ1) is 16.3. The van der Waals surface area contributed by atoms with Crippen molar-refractivity contribution in [3.8, 4) is 11.5 Å². The molecule has 2 aromatic carbocycles. The highest BCUT2D eigenvalue weighted by atomic mass is 79.9. The predicted octanol–water partition coefficient (Wildman–Crippen LogP) is 2.87. The Morgan fingerprint density at radius 1 is 1.15 bits per heavy atom. The largest absolute Gasteiger partial charge is 0.486 e. The third kappa shape index (κ3) is 4.79. The van der Waals surface area contributed by atoms with Gasteiger partial charge in [0.25, 0.3) is 0 Å². The summed E-state index contributed by atoms with van der Waals surface area (Å²) in [4.78, 5) is 26.9. The second-order valence-corrected chi connectivity index (χ2v) is 11.8. The minimum Gasteiger partial charge on any atom is -0.486 e. The van der Waals surface area contributed by atoms with Crippen LogP contribution in [0, 0.1) is 5.92 Å². The number of amides is 2. The Bertz CT molecular complexity index is 1240. The summed E-state index contributed by atoms with van der Waals surface area (Å²) in [6.45, 7) is 0.991. The molecule has 0 bridgehead atoms. The molecule has 0 spiro atoms. The highest BCUT2D eigenvalue weighted by Crippen LogP contribution is 2.41. The summed E-state index contributed by atoms with van der Waals surface area (Å²) in [5.74, 6) is 0.526. The number of nitrogens with one attached hydrogen (secondary N) is 1. The Labute approximate surface area is 206 Å². The molecule has 1 N–H and O–H groups in total. The Morgan fingerprint density at radius 3 is 2.68 bits per heavy atom. The van der Waals surface area contributed by atoms with Crippen molar-refractivity contribution in [2.75, 3.05) is 30.3 Å². The van der Waals surface area contributed by atoms with Crippen molar-refractivity contribution in [1.29, 1.82) is 0 Å². The van der Waals surface area contributed by atoms with E-state index in [1.807, 2.05) is 24.3 Å². The third-order valence-corrected chi connectivity index (χ3v) is 8.39. The van der Waals surface area contributed by atoms with E-state index in [0.717, 1.165) is 18.4 Å². The Balaban J connectivity index is 1.22. The van der Waals surface area contributed by atoms with E-state index in [4.69, 9.17) is 9.47 Å². The number of anilines is 1. The number of carbonyl (C=O) groups is 2. The molecule has 0 saturated heterocycles. The summed E-state index contributed by atoms with van der Waals surface area (Å²) in [5.41, 5.74) is 1.31. The lowest BCUT2D eigenvalue weighted by Gasteiger charge is -2.26. The number of hydrogen-bond acceptors (Lipinski definition) is 6. The molecule has 0 aromatic heterocycles. The number of nitrogens with zero attached hydrogens (tertiary/aromatic N) is 1. The first kappa shape index (κ1) is 23.2. The third-order valence-electron chi connectivity index (χ3n) is 6.21. The van der Waals surface area contributed by atoms with Gasteiger partial charge in [-0.1, -0.05) is 28.1 Å². The molecule has 2 aromatic rings. The van der Waals surface area contributed by atoms with Crippen LogP contribution in [0.2, 0.25) is 0 Å². The SMILES string of the molecule is O=C(CCS(=O)(=O)c1cc(Br)cc2c1N(C(=O)C1CC1)CC2)NCC1COc2ccccc2O1. The summed E-state index contributed by atoms with van der Waals surface area (Å²) < 4.78 is 38.6. The van der Waals surface area contributed by atoms with Crippen molar-refractivity contribution >= 4 is 43.3 Å². The fourth-order valence-electron chi connectivity index (χ4n) is 4.29. The van der Waals surface area contributed by atoms with Gasteiger partial charge in [0.2, 0.25) is 11.8 Å². The molecule has 1 atom stereocenters. The maximum atomic E-state index is 13.3. The molecular formula is C24H25BrN2O6S. The molecule has 0 radical (unpaired) electrons. The van der Waals surface area contributed by atoms with Crippen molar-refractivity contribution < 1.29 is 27.5 Å². The topological polar surface area (TPSA) is 102 Å². The van der Waals surface area contributed by atoms with Gasteiger partial charge >= 0.3 is 0 Å². The van der Waals surface area contributed by atoms with Crippen molar-refractivity contribution in [1.82, 2.24) is 5.32 Å². The molecule has 3 aliphatic rings. The zero-order valence-electron chi connectivity index (χ0n) is 18.5. The van der Waals surface area contributed by atoms with E-state index in [1.165, 1.54) is 6.07 Å². The lowest BCUT2D eigenvalue weighted by Crippen LogP contribution is -2.41. The molecule has 180 valence electrons. The van der Waals surface area contributed by atoms with Gasteiger partial charge in [-0.05, 0) is 49.1 Å². The first-order valence-electron chi connectivity index (χ1n) is 11.3. The Morgan fingerprint density at radius 2 is 1.91 bits per heavy atom. The van der Waals surface area contributed by atoms with E-state index >= 15 is 0 Å². The maximum absolute atomic E-state index is 13.3. The van der Waals surface area contributed by atoms with E-state index in [2.05, 4.69) is 21.2 Å². The summed E-state index contributed by atoms with van der Waals surface area (Å²) in [7, 11) is -3.80. The number of sulfone groups is 1. The maximum Gasteiger partial charge on any atom is 0.230 e. The monoisotopic (exact) mass is 548 g/mol. The van der Waals surface area contributed by atoms with Gasteiger partial charge < -0.3 is 19.7 Å².